The molecule has 24 heavy (non-hydrogen) atoms. The molecule has 2 N–H and O–H groups in total. The molecule has 0 aromatic carbocycles. The van der Waals surface area contributed by atoms with Crippen LogP contribution in [0, 0.1) is 5.92 Å². The summed E-state index contributed by atoms with van der Waals surface area (Å²) in [6.45, 7) is 6.08. The number of piperidine rings is 1. The Morgan fingerprint density at radius 1 is 1.33 bits per heavy atom. The molecule has 130 valence electrons. The van der Waals surface area contributed by atoms with Crippen LogP contribution in [0.5, 0.6) is 0 Å². The lowest BCUT2D eigenvalue weighted by Crippen LogP contribution is -2.38. The first-order chi connectivity index (χ1) is 11.5. The normalized spacial score (nSPS) is 24.2. The van der Waals surface area contributed by atoms with Crippen molar-refractivity contribution in [1.29, 1.82) is 0 Å². The summed E-state index contributed by atoms with van der Waals surface area (Å²) in [5.74, 6) is 1.46. The zero-order chi connectivity index (χ0) is 16.8. The molecule has 0 saturated carbocycles. The molecule has 2 atom stereocenters. The molecule has 1 fully saturated rings. The fraction of sp³-hybridized carbons (Fsp3) is 0.667. The molecule has 0 unspecified atom stereocenters. The van der Waals surface area contributed by atoms with Gasteiger partial charge in [-0.25, -0.2) is 4.98 Å². The molecular formula is C18H25N3O2S. The van der Waals surface area contributed by atoms with E-state index in [-0.39, 0.29) is 17.7 Å². The number of rotatable bonds is 2. The first-order valence-corrected chi connectivity index (χ1v) is 9.81. The topological polar surface area (TPSA) is 69.2 Å². The Labute approximate surface area is 145 Å². The molecule has 1 aliphatic carbocycles. The van der Waals surface area contributed by atoms with Crippen molar-refractivity contribution in [2.45, 2.75) is 58.1 Å². The predicted octanol–water partition coefficient (Wildman–Crippen LogP) is 2.63. The number of aryl methyl sites for hydroxylation is 1. The third-order valence-corrected chi connectivity index (χ3v) is 6.77. The number of fused-ring (bicyclic) bond motifs is 3. The van der Waals surface area contributed by atoms with Crippen LogP contribution in [-0.2, 0) is 12.8 Å². The summed E-state index contributed by atoms with van der Waals surface area (Å²) in [5.41, 5.74) is 1.26. The Bertz CT molecular complexity index is 804. The van der Waals surface area contributed by atoms with Crippen LogP contribution in [0.25, 0.3) is 10.2 Å². The van der Waals surface area contributed by atoms with Crippen molar-refractivity contribution >= 4 is 21.6 Å². The van der Waals surface area contributed by atoms with Crippen LogP contribution in [0.3, 0.4) is 0 Å². The zero-order valence-corrected chi connectivity index (χ0v) is 15.2. The molecule has 5 nitrogen and oxygen atoms in total. The number of aliphatic hydroxyl groups excluding tert-OH is 1. The fourth-order valence-electron chi connectivity index (χ4n) is 4.01. The number of aliphatic hydroxyl groups is 1. The van der Waals surface area contributed by atoms with E-state index in [1.807, 2.05) is 0 Å². The first kappa shape index (κ1) is 16.2. The molecule has 6 heteroatoms. The van der Waals surface area contributed by atoms with Crippen molar-refractivity contribution < 1.29 is 5.11 Å². The number of hydrogen-bond acceptors (Lipinski definition) is 5. The second-order valence-electron chi connectivity index (χ2n) is 7.43. The maximum absolute atomic E-state index is 12.7. The number of H-pyrrole nitrogens is 1. The largest absolute Gasteiger partial charge is 0.393 e. The third kappa shape index (κ3) is 2.80. The molecule has 4 rings (SSSR count). The van der Waals surface area contributed by atoms with Gasteiger partial charge in [0, 0.05) is 18.0 Å². The number of thiophene rings is 1. The minimum absolute atomic E-state index is 0.0194. The van der Waals surface area contributed by atoms with Gasteiger partial charge in [-0.05, 0) is 50.5 Å². The van der Waals surface area contributed by atoms with Gasteiger partial charge in [0.25, 0.3) is 5.56 Å². The van der Waals surface area contributed by atoms with Gasteiger partial charge in [0.15, 0.2) is 0 Å². The zero-order valence-electron chi connectivity index (χ0n) is 14.3. The lowest BCUT2D eigenvalue weighted by molar-refractivity contribution is 0.0626. The van der Waals surface area contributed by atoms with Gasteiger partial charge in [-0.3, -0.25) is 9.69 Å². The van der Waals surface area contributed by atoms with Crippen molar-refractivity contribution in [3.8, 4) is 0 Å². The number of likely N-dealkylation sites (tertiary alicyclic amines) is 1. The molecule has 0 amide bonds. The highest BCUT2D eigenvalue weighted by Gasteiger charge is 2.26. The van der Waals surface area contributed by atoms with E-state index in [0.29, 0.717) is 5.92 Å². The summed E-state index contributed by atoms with van der Waals surface area (Å²) >= 11 is 1.71. The number of nitrogens with zero attached hydrogens (tertiary/aromatic N) is 2. The number of hydrogen-bond donors (Lipinski definition) is 2. The number of aromatic nitrogens is 2. The summed E-state index contributed by atoms with van der Waals surface area (Å²) < 4.78 is 0. The third-order valence-electron chi connectivity index (χ3n) is 5.63. The maximum Gasteiger partial charge on any atom is 0.259 e. The Morgan fingerprint density at radius 3 is 2.83 bits per heavy atom. The minimum atomic E-state index is -0.186. The fourth-order valence-corrected chi connectivity index (χ4v) is 5.40. The summed E-state index contributed by atoms with van der Waals surface area (Å²) in [6, 6.07) is 0.0765. The van der Waals surface area contributed by atoms with Crippen LogP contribution >= 0.6 is 11.3 Å². The molecule has 2 aromatic rings. The molecule has 2 aromatic heterocycles. The van der Waals surface area contributed by atoms with Crippen molar-refractivity contribution in [1.82, 2.24) is 14.9 Å². The summed E-state index contributed by atoms with van der Waals surface area (Å²) in [6.07, 6.45) is 4.63. The Morgan fingerprint density at radius 2 is 2.08 bits per heavy atom. The second kappa shape index (κ2) is 6.24. The summed E-state index contributed by atoms with van der Waals surface area (Å²) in [7, 11) is 0. The second-order valence-corrected chi connectivity index (χ2v) is 8.51. The van der Waals surface area contributed by atoms with Gasteiger partial charge in [0.05, 0.1) is 17.5 Å². The van der Waals surface area contributed by atoms with E-state index in [1.54, 1.807) is 11.3 Å². The predicted molar refractivity (Wildman–Crippen MR) is 96.7 cm³/mol. The van der Waals surface area contributed by atoms with E-state index in [4.69, 9.17) is 4.98 Å². The van der Waals surface area contributed by atoms with Gasteiger partial charge in [-0.1, -0.05) is 6.92 Å². The highest BCUT2D eigenvalue weighted by Crippen LogP contribution is 2.36. The van der Waals surface area contributed by atoms with Crippen LogP contribution in [0.1, 0.15) is 55.4 Å². The Kier molecular flexibility index (Phi) is 4.22. The van der Waals surface area contributed by atoms with Gasteiger partial charge in [-0.2, -0.15) is 0 Å². The first-order valence-electron chi connectivity index (χ1n) is 8.99. The van der Waals surface area contributed by atoms with Crippen LogP contribution in [0.2, 0.25) is 0 Å². The summed E-state index contributed by atoms with van der Waals surface area (Å²) in [4.78, 5) is 25.1. The quantitative estimate of drug-likeness (QED) is 0.876. The van der Waals surface area contributed by atoms with Gasteiger partial charge < -0.3 is 10.1 Å². The van der Waals surface area contributed by atoms with Crippen LogP contribution in [0.15, 0.2) is 4.79 Å². The highest BCUT2D eigenvalue weighted by atomic mass is 32.1. The van der Waals surface area contributed by atoms with Gasteiger partial charge in [0.1, 0.15) is 10.7 Å². The van der Waals surface area contributed by atoms with Crippen molar-refractivity contribution in [3.05, 3.63) is 26.6 Å². The van der Waals surface area contributed by atoms with Crippen LogP contribution < -0.4 is 5.56 Å². The molecule has 1 aliphatic heterocycles. The molecule has 2 aliphatic rings. The molecular weight excluding hydrogens is 322 g/mol. The lowest BCUT2D eigenvalue weighted by Gasteiger charge is -2.33. The molecule has 0 spiro atoms. The number of aromatic amines is 1. The molecule has 3 heterocycles. The van der Waals surface area contributed by atoms with E-state index >= 15 is 0 Å². The minimum Gasteiger partial charge on any atom is -0.393 e. The number of nitrogens with one attached hydrogen (secondary N) is 1. The van der Waals surface area contributed by atoms with E-state index < -0.39 is 0 Å². The van der Waals surface area contributed by atoms with Crippen LogP contribution in [-0.4, -0.2) is 39.2 Å². The van der Waals surface area contributed by atoms with Crippen molar-refractivity contribution in [2.24, 2.45) is 5.92 Å². The average Bonchev–Trinajstić information content (AvgIpc) is 2.92. The van der Waals surface area contributed by atoms with E-state index in [9.17, 15) is 9.90 Å². The standard InChI is InChI=1S/C18H25N3O2S/c1-10-3-4-13-14(9-10)24-18-15(13)17(23)19-16(20-18)11(2)21-7-5-12(22)6-8-21/h10-12,22H,3-9H2,1-2H3,(H,19,20,23)/t10-,11+/m0/s1. The average molecular weight is 347 g/mol. The van der Waals surface area contributed by atoms with Gasteiger partial charge in [-0.15, -0.1) is 11.3 Å². The van der Waals surface area contributed by atoms with Gasteiger partial charge >= 0.3 is 0 Å². The maximum atomic E-state index is 12.7. The SMILES string of the molecule is C[C@H]1CCc2c(sc3nc([C@@H](C)N4CCC(O)CC4)[nH]c(=O)c23)C1. The smallest absolute Gasteiger partial charge is 0.259 e. The van der Waals surface area contributed by atoms with E-state index in [1.165, 1.54) is 10.4 Å². The summed E-state index contributed by atoms with van der Waals surface area (Å²) in [5, 5.41) is 10.5. The van der Waals surface area contributed by atoms with Crippen LogP contribution in [0.4, 0.5) is 0 Å². The lowest BCUT2D eigenvalue weighted by atomic mass is 9.89. The van der Waals surface area contributed by atoms with Crippen molar-refractivity contribution in [2.75, 3.05) is 13.1 Å². The van der Waals surface area contributed by atoms with E-state index in [0.717, 1.165) is 61.2 Å². The highest BCUT2D eigenvalue weighted by molar-refractivity contribution is 7.18. The Hall–Kier alpha value is -1.24. The monoisotopic (exact) mass is 347 g/mol. The molecule has 1 saturated heterocycles. The van der Waals surface area contributed by atoms with Crippen molar-refractivity contribution in [3.63, 3.8) is 0 Å². The van der Waals surface area contributed by atoms with E-state index in [2.05, 4.69) is 23.7 Å². The molecule has 0 bridgehead atoms. The Balaban J connectivity index is 1.69. The molecule has 0 radical (unpaired) electrons. The van der Waals surface area contributed by atoms with Gasteiger partial charge in [0.2, 0.25) is 0 Å².